The summed E-state index contributed by atoms with van der Waals surface area (Å²) in [4.78, 5) is 2.86. The van der Waals surface area contributed by atoms with Gasteiger partial charge in [-0.25, -0.2) is 0 Å². The van der Waals surface area contributed by atoms with E-state index in [-0.39, 0.29) is 11.5 Å². The molecular weight excluding hydrogens is 751 g/mol. The molecule has 5 atom stereocenters. The molecule has 5 unspecified atom stereocenters. The van der Waals surface area contributed by atoms with Crippen LogP contribution in [0.25, 0.3) is 120 Å². The standard InChI is InChI=1S/C56H41NO4/c1-3-59-9-10-61-12-11-60-8-7-57-22-33-32-20-29-17-26-15-27-14-24-13-25-16-28-18-30-21-56(33,55(57)23-5-4-6-31(19-23)58-2)54-40(30)45-39(28)44-35(25)34(24)42-38(27)43-36(26)37(29)46-41(32)53(54)52-50(45)48(44)47(42)49(43)51(46)52/h4-6,13-16,18-19,30,33,40,55H,3,7-12,17,20-22H2,1-2H3. The normalized spacial score (nSPS) is 25.6. The Morgan fingerprint density at radius 3 is 2.23 bits per heavy atom. The van der Waals surface area contributed by atoms with E-state index in [1.54, 1.807) is 124 Å². The summed E-state index contributed by atoms with van der Waals surface area (Å²) < 4.78 is 23.8. The molecule has 0 N–H and O–H groups in total. The highest BCUT2D eigenvalue weighted by molar-refractivity contribution is 6.59. The zero-order valence-corrected chi connectivity index (χ0v) is 34.4. The van der Waals surface area contributed by atoms with E-state index < -0.39 is 0 Å². The molecule has 18 rings (SSSR count). The van der Waals surface area contributed by atoms with Crippen LogP contribution in [0.15, 0.2) is 48.5 Å². The van der Waals surface area contributed by atoms with E-state index in [9.17, 15) is 0 Å². The average Bonchev–Trinajstić information content (AvgIpc) is 4.13. The summed E-state index contributed by atoms with van der Waals surface area (Å²) in [6, 6.07) is 19.8. The molecule has 0 amide bonds. The Hall–Kier alpha value is -5.30. The van der Waals surface area contributed by atoms with E-state index in [0.29, 0.717) is 50.8 Å². The maximum atomic E-state index is 6.42. The van der Waals surface area contributed by atoms with Crippen molar-refractivity contribution in [3.8, 4) is 5.75 Å². The molecule has 1 spiro atoms. The molecule has 1 aliphatic heterocycles. The van der Waals surface area contributed by atoms with Crippen molar-refractivity contribution >= 4 is 120 Å². The Kier molecular flexibility index (Phi) is 5.08. The van der Waals surface area contributed by atoms with Crippen LogP contribution in [0.4, 0.5) is 0 Å². The lowest BCUT2D eigenvalue weighted by atomic mass is 9.59. The molecular formula is C56H41NO4. The second kappa shape index (κ2) is 9.83. The van der Waals surface area contributed by atoms with Crippen LogP contribution >= 0.6 is 0 Å². The van der Waals surface area contributed by atoms with E-state index >= 15 is 0 Å². The van der Waals surface area contributed by atoms with Gasteiger partial charge in [0, 0.05) is 43.0 Å². The second-order valence-corrected chi connectivity index (χ2v) is 20.2. The molecule has 61 heavy (non-hydrogen) atoms. The zero-order valence-electron chi connectivity index (χ0n) is 34.4. The van der Waals surface area contributed by atoms with Crippen molar-refractivity contribution in [1.29, 1.82) is 0 Å². The molecule has 0 bridgehead atoms. The fraction of sp³-hybridized carbons (Fsp3) is 0.321. The number of nitrogens with zero attached hydrogens (tertiary/aromatic N) is 1. The lowest BCUT2D eigenvalue weighted by Crippen LogP contribution is -2.47. The van der Waals surface area contributed by atoms with Gasteiger partial charge in [-0.15, -0.1) is 0 Å². The molecule has 1 saturated carbocycles. The number of hydrogen-bond donors (Lipinski definition) is 0. The number of likely N-dealkylation sites (tertiary alicyclic amines) is 1. The predicted molar refractivity (Wildman–Crippen MR) is 246 cm³/mol. The molecule has 6 aliphatic carbocycles. The fourth-order valence-corrected chi connectivity index (χ4v) is 17.0. The van der Waals surface area contributed by atoms with Crippen LogP contribution < -0.4 is 25.6 Å². The van der Waals surface area contributed by atoms with Gasteiger partial charge in [0.05, 0.1) is 40.1 Å². The summed E-state index contributed by atoms with van der Waals surface area (Å²) in [5.41, 5.74) is 9.90. The highest BCUT2D eigenvalue weighted by Crippen LogP contribution is 2.74. The average molecular weight is 792 g/mol. The number of fused-ring (bicyclic) bond motifs is 1. The van der Waals surface area contributed by atoms with Crippen molar-refractivity contribution in [2.75, 3.05) is 59.8 Å². The number of ether oxygens (including phenoxy) is 4. The van der Waals surface area contributed by atoms with Crippen molar-refractivity contribution in [2.24, 2.45) is 17.3 Å². The largest absolute Gasteiger partial charge is 0.497 e. The quantitative estimate of drug-likeness (QED) is 0.0923. The van der Waals surface area contributed by atoms with Crippen LogP contribution in [0.2, 0.25) is 0 Å². The van der Waals surface area contributed by atoms with E-state index in [1.165, 1.54) is 33.4 Å². The van der Waals surface area contributed by atoms with Crippen LogP contribution in [0.1, 0.15) is 48.4 Å². The lowest BCUT2D eigenvalue weighted by molar-refractivity contribution is 0.0110. The molecule has 1 saturated heterocycles. The number of hydrogen-bond acceptors (Lipinski definition) is 5. The number of rotatable bonds is 12. The zero-order chi connectivity index (χ0) is 39.1. The van der Waals surface area contributed by atoms with Crippen molar-refractivity contribution in [2.45, 2.75) is 38.1 Å². The van der Waals surface area contributed by atoms with Crippen molar-refractivity contribution < 1.29 is 18.9 Å². The van der Waals surface area contributed by atoms with E-state index in [2.05, 4.69) is 59.5 Å². The van der Waals surface area contributed by atoms with Gasteiger partial charge in [0.1, 0.15) is 5.75 Å². The molecule has 294 valence electrons. The Balaban J connectivity index is 0.973. The fourth-order valence-electron chi connectivity index (χ4n) is 17.0. The number of benzene rings is 7. The summed E-state index contributed by atoms with van der Waals surface area (Å²) in [6.07, 6.45) is 6.17. The van der Waals surface area contributed by atoms with Crippen molar-refractivity contribution in [3.63, 3.8) is 0 Å². The SMILES string of the molecule is CCOCCOCCOCCN1CC2C3=c4c5c6c7c8c9c(cc%10cc%11cc%12cc%13c%14c(c4c6c4c%14c%12c6c%11c%10c9c7c64)=C(C3)C%13)=CC3CC2(C=5C83)C1c1cccc(OC)c1. The minimum Gasteiger partial charge on any atom is -0.497 e. The first-order valence-corrected chi connectivity index (χ1v) is 23.1. The summed E-state index contributed by atoms with van der Waals surface area (Å²) in [5.74, 6) is 2.25. The molecule has 11 aromatic rings. The number of methoxy groups -OCH3 is 1. The molecule has 0 aromatic heterocycles. The highest BCUT2D eigenvalue weighted by atomic mass is 16.5. The lowest BCUT2D eigenvalue weighted by Gasteiger charge is -2.44. The minimum absolute atomic E-state index is 0.0428. The predicted octanol–water partition coefficient (Wildman–Crippen LogP) is 8.20. The van der Waals surface area contributed by atoms with Crippen LogP contribution in [0.5, 0.6) is 5.75 Å². The van der Waals surface area contributed by atoms with Gasteiger partial charge >= 0.3 is 0 Å². The van der Waals surface area contributed by atoms with Gasteiger partial charge in [0.2, 0.25) is 0 Å². The molecule has 5 heteroatoms. The maximum Gasteiger partial charge on any atom is 0.119 e. The van der Waals surface area contributed by atoms with Gasteiger partial charge in [-0.05, 0) is 203 Å². The third-order valence-corrected chi connectivity index (χ3v) is 18.2. The summed E-state index contributed by atoms with van der Waals surface area (Å²) in [6.45, 7) is 7.84. The first-order chi connectivity index (χ1) is 30.2. The van der Waals surface area contributed by atoms with Crippen LogP contribution in [-0.4, -0.2) is 64.7 Å². The van der Waals surface area contributed by atoms with Crippen LogP contribution in [0.3, 0.4) is 0 Å². The third-order valence-electron chi connectivity index (χ3n) is 18.2. The maximum absolute atomic E-state index is 6.42. The van der Waals surface area contributed by atoms with Crippen LogP contribution in [0, 0.1) is 17.3 Å². The first-order valence-electron chi connectivity index (χ1n) is 23.1. The topological polar surface area (TPSA) is 40.2 Å². The first kappa shape index (κ1) is 31.5. The van der Waals surface area contributed by atoms with Crippen molar-refractivity contribution in [3.05, 3.63) is 86.1 Å². The van der Waals surface area contributed by atoms with E-state index in [4.69, 9.17) is 18.9 Å². The van der Waals surface area contributed by atoms with E-state index in [1.807, 2.05) is 14.0 Å². The minimum atomic E-state index is -0.0428. The molecule has 5 nitrogen and oxygen atoms in total. The smallest absolute Gasteiger partial charge is 0.119 e. The van der Waals surface area contributed by atoms with E-state index in [0.717, 1.165) is 38.3 Å². The Morgan fingerprint density at radius 1 is 0.656 bits per heavy atom. The third kappa shape index (κ3) is 3.01. The van der Waals surface area contributed by atoms with Crippen molar-refractivity contribution in [1.82, 2.24) is 4.90 Å². The second-order valence-electron chi connectivity index (χ2n) is 20.2. The van der Waals surface area contributed by atoms with Gasteiger partial charge in [0.25, 0.3) is 0 Å². The molecule has 11 aromatic carbocycles. The molecule has 2 fully saturated rings. The summed E-state index contributed by atoms with van der Waals surface area (Å²) >= 11 is 0. The Bertz CT molecular complexity index is 4110. The monoisotopic (exact) mass is 791 g/mol. The molecule has 0 radical (unpaired) electrons. The summed E-state index contributed by atoms with van der Waals surface area (Å²) in [5, 5.41) is 35.0. The van der Waals surface area contributed by atoms with Gasteiger partial charge in [-0.3, -0.25) is 4.90 Å². The van der Waals surface area contributed by atoms with Gasteiger partial charge in [0.15, 0.2) is 0 Å². The van der Waals surface area contributed by atoms with Gasteiger partial charge in [-0.2, -0.15) is 0 Å². The Labute approximate surface area is 349 Å². The Morgan fingerprint density at radius 2 is 1.38 bits per heavy atom. The molecule has 7 aliphatic rings. The van der Waals surface area contributed by atoms with Gasteiger partial charge < -0.3 is 18.9 Å². The summed E-state index contributed by atoms with van der Waals surface area (Å²) in [7, 11) is 1.83. The highest BCUT2D eigenvalue weighted by Gasteiger charge is 2.66. The van der Waals surface area contributed by atoms with Gasteiger partial charge in [-0.1, -0.05) is 35.4 Å². The molecule has 1 heterocycles. The van der Waals surface area contributed by atoms with Crippen LogP contribution in [-0.2, 0) is 20.6 Å².